The Labute approximate surface area is 300 Å². The molecule has 5 rings (SSSR count). The Hall–Kier alpha value is -5.23. The van der Waals surface area contributed by atoms with Crippen LogP contribution in [-0.4, -0.2) is 91.4 Å². The van der Waals surface area contributed by atoms with Gasteiger partial charge in [-0.1, -0.05) is 48.5 Å². The lowest BCUT2D eigenvalue weighted by atomic mass is 9.98. The number of alkyl carbamates (subject to hydrolysis) is 1. The van der Waals surface area contributed by atoms with Gasteiger partial charge in [0.2, 0.25) is 23.6 Å². The number of hydrogen-bond acceptors (Lipinski definition) is 9. The van der Waals surface area contributed by atoms with Crippen LogP contribution in [0.3, 0.4) is 0 Å². The number of carbonyl (C=O) groups excluding carboxylic acids is 6. The fourth-order valence-corrected chi connectivity index (χ4v) is 6.36. The van der Waals surface area contributed by atoms with E-state index in [1.54, 1.807) is 18.2 Å². The summed E-state index contributed by atoms with van der Waals surface area (Å²) in [5.41, 5.74) is 9.78. The van der Waals surface area contributed by atoms with Gasteiger partial charge in [0, 0.05) is 22.5 Å². The number of ether oxygens (including phenoxy) is 2. The summed E-state index contributed by atoms with van der Waals surface area (Å²) in [5, 5.41) is 16.9. The second kappa shape index (κ2) is 16.0. The number of amides is 7. The lowest BCUT2D eigenvalue weighted by Gasteiger charge is -2.35. The van der Waals surface area contributed by atoms with Crippen LogP contribution in [0.1, 0.15) is 29.9 Å². The molecule has 6 N–H and O–H groups in total. The van der Waals surface area contributed by atoms with E-state index in [0.717, 1.165) is 30.7 Å². The zero-order valence-corrected chi connectivity index (χ0v) is 29.0. The molecule has 0 bridgehead atoms. The van der Waals surface area contributed by atoms with Crippen molar-refractivity contribution in [3.05, 3.63) is 81.4 Å². The Morgan fingerprint density at radius 1 is 0.960 bits per heavy atom. The molecule has 50 heavy (non-hydrogen) atoms. The molecule has 3 aromatic carbocycles. The minimum Gasteiger partial charge on any atom is -0.495 e. The monoisotopic (exact) mass is 798 g/mol. The summed E-state index contributed by atoms with van der Waals surface area (Å²) in [7, 11) is 1.45. The van der Waals surface area contributed by atoms with Gasteiger partial charge in [-0.3, -0.25) is 24.1 Å². The predicted molar refractivity (Wildman–Crippen MR) is 188 cm³/mol. The first kappa shape index (κ1) is 36.1. The molecule has 7 amide bonds. The highest BCUT2D eigenvalue weighted by Crippen LogP contribution is 2.44. The number of imide groups is 1. The number of methoxy groups -OCH3 is 1. The Morgan fingerprint density at radius 3 is 2.24 bits per heavy atom. The third kappa shape index (κ3) is 7.97. The number of rotatable bonds is 13. The SMILES string of the molecule is COc1ccc(I)cc1N1CCC(=O)N(CNC(=O)[C@H](CC(N)=O)NC(=O)[C@H](CO)NC(=O)OCC2c3ccccc3-c3ccccc32)C1=O. The Bertz CT molecular complexity index is 1780. The van der Waals surface area contributed by atoms with Crippen LogP contribution in [0.5, 0.6) is 5.75 Å². The summed E-state index contributed by atoms with van der Waals surface area (Å²) in [6.45, 7) is -1.41. The van der Waals surface area contributed by atoms with E-state index in [1.165, 1.54) is 12.0 Å². The first-order chi connectivity index (χ1) is 24.0. The van der Waals surface area contributed by atoms with Crippen molar-refractivity contribution in [2.24, 2.45) is 5.73 Å². The van der Waals surface area contributed by atoms with Crippen molar-refractivity contribution < 1.29 is 43.3 Å². The molecule has 1 aliphatic carbocycles. The average Bonchev–Trinajstić information content (AvgIpc) is 3.42. The molecule has 0 spiro atoms. The van der Waals surface area contributed by atoms with Gasteiger partial charge in [-0.2, -0.15) is 0 Å². The highest BCUT2D eigenvalue weighted by molar-refractivity contribution is 14.1. The van der Waals surface area contributed by atoms with Gasteiger partial charge in [-0.25, -0.2) is 14.5 Å². The summed E-state index contributed by atoms with van der Waals surface area (Å²) in [5.74, 6) is -3.30. The van der Waals surface area contributed by atoms with E-state index in [1.807, 2.05) is 48.5 Å². The molecular formula is C34H35IN6O9. The van der Waals surface area contributed by atoms with Crippen LogP contribution >= 0.6 is 22.6 Å². The van der Waals surface area contributed by atoms with Crippen molar-refractivity contribution in [1.29, 1.82) is 0 Å². The number of hydrogen-bond donors (Lipinski definition) is 5. The Balaban J connectivity index is 1.19. The second-order valence-electron chi connectivity index (χ2n) is 11.5. The number of urea groups is 1. The van der Waals surface area contributed by atoms with Gasteiger partial charge in [-0.15, -0.1) is 0 Å². The number of carbonyl (C=O) groups is 6. The third-order valence-corrected chi connectivity index (χ3v) is 9.00. The third-order valence-electron chi connectivity index (χ3n) is 8.33. The van der Waals surface area contributed by atoms with E-state index < -0.39 is 67.5 Å². The Morgan fingerprint density at radius 2 is 1.62 bits per heavy atom. The summed E-state index contributed by atoms with van der Waals surface area (Å²) in [4.78, 5) is 79.0. The maximum Gasteiger partial charge on any atom is 0.407 e. The molecule has 2 aliphatic rings. The molecule has 15 nitrogen and oxygen atoms in total. The van der Waals surface area contributed by atoms with E-state index in [0.29, 0.717) is 11.4 Å². The molecule has 1 saturated heterocycles. The maximum absolute atomic E-state index is 13.3. The number of nitrogens with zero attached hydrogens (tertiary/aromatic N) is 2. The van der Waals surface area contributed by atoms with E-state index in [2.05, 4.69) is 38.5 Å². The van der Waals surface area contributed by atoms with Gasteiger partial charge in [0.15, 0.2) is 0 Å². The van der Waals surface area contributed by atoms with Gasteiger partial charge >= 0.3 is 12.1 Å². The normalized spacial score (nSPS) is 15.0. The van der Waals surface area contributed by atoms with Gasteiger partial charge in [-0.05, 0) is 63.0 Å². The standard InChI is InChI=1S/C34H35IN6O9/c1-49-28-11-10-19(35)14-27(28)40-13-12-30(44)41(34(40)48)18-37-31(45)25(15-29(36)43)38-32(46)26(16-42)39-33(47)50-17-24-22-8-4-2-6-20(22)21-7-3-5-9-23(21)24/h2-11,14,24-26,42H,12-13,15-18H2,1H3,(H2,36,43)(H,37,45)(H,38,46)(H,39,47)/t25-,26-/m0/s1. The summed E-state index contributed by atoms with van der Waals surface area (Å²) >= 11 is 2.08. The zero-order valence-electron chi connectivity index (χ0n) is 26.9. The van der Waals surface area contributed by atoms with Gasteiger partial charge < -0.3 is 36.3 Å². The molecule has 2 atom stereocenters. The number of aliphatic hydroxyl groups excluding tert-OH is 1. The van der Waals surface area contributed by atoms with Crippen molar-refractivity contribution in [2.75, 3.05) is 38.4 Å². The van der Waals surface area contributed by atoms with E-state index in [9.17, 15) is 33.9 Å². The summed E-state index contributed by atoms with van der Waals surface area (Å²) in [6.07, 6.45) is -1.69. The minimum atomic E-state index is -1.57. The van der Waals surface area contributed by atoms with Crippen LogP contribution < -0.4 is 31.3 Å². The van der Waals surface area contributed by atoms with E-state index in [4.69, 9.17) is 15.2 Å². The fraction of sp³-hybridized carbons (Fsp3) is 0.294. The number of halogens is 1. The first-order valence-corrected chi connectivity index (χ1v) is 16.6. The molecule has 3 aromatic rings. The molecule has 0 saturated carbocycles. The molecule has 1 fully saturated rings. The second-order valence-corrected chi connectivity index (χ2v) is 12.7. The number of nitrogens with two attached hydrogens (primary N) is 1. The van der Waals surface area contributed by atoms with Gasteiger partial charge in [0.1, 0.15) is 31.1 Å². The first-order valence-electron chi connectivity index (χ1n) is 15.6. The van der Waals surface area contributed by atoms with Gasteiger partial charge in [0.05, 0.1) is 25.8 Å². The zero-order chi connectivity index (χ0) is 35.9. The molecular weight excluding hydrogens is 763 g/mol. The van der Waals surface area contributed by atoms with Crippen molar-refractivity contribution in [3.8, 4) is 16.9 Å². The van der Waals surface area contributed by atoms with Crippen molar-refractivity contribution in [2.45, 2.75) is 30.8 Å². The van der Waals surface area contributed by atoms with Crippen LogP contribution in [0.15, 0.2) is 66.7 Å². The lowest BCUT2D eigenvalue weighted by Crippen LogP contribution is -2.59. The molecule has 0 unspecified atom stereocenters. The average molecular weight is 799 g/mol. The molecule has 1 heterocycles. The van der Waals surface area contributed by atoms with Crippen molar-refractivity contribution in [3.63, 3.8) is 0 Å². The molecule has 0 aromatic heterocycles. The van der Waals surface area contributed by atoms with Crippen LogP contribution in [0.4, 0.5) is 15.3 Å². The topological polar surface area (TPSA) is 210 Å². The number of benzene rings is 3. The molecule has 16 heteroatoms. The van der Waals surface area contributed by atoms with E-state index >= 15 is 0 Å². The molecule has 262 valence electrons. The van der Waals surface area contributed by atoms with Gasteiger partial charge in [0.25, 0.3) is 0 Å². The number of anilines is 1. The maximum atomic E-state index is 13.3. The summed E-state index contributed by atoms with van der Waals surface area (Å²) < 4.78 is 11.6. The van der Waals surface area contributed by atoms with Crippen LogP contribution in [0.25, 0.3) is 11.1 Å². The summed E-state index contributed by atoms with van der Waals surface area (Å²) in [6, 6.07) is 16.8. The number of nitrogens with one attached hydrogen (secondary N) is 3. The fourth-order valence-electron chi connectivity index (χ4n) is 5.88. The van der Waals surface area contributed by atoms with Crippen LogP contribution in [0, 0.1) is 3.57 Å². The Kier molecular flexibility index (Phi) is 11.5. The van der Waals surface area contributed by atoms with E-state index in [-0.39, 0.29) is 25.5 Å². The number of fused-ring (bicyclic) bond motifs is 3. The number of primary amides is 1. The molecule has 1 aliphatic heterocycles. The molecule has 0 radical (unpaired) electrons. The minimum absolute atomic E-state index is 0.0442. The van der Waals surface area contributed by atoms with Crippen LogP contribution in [-0.2, 0) is 23.9 Å². The smallest absolute Gasteiger partial charge is 0.407 e. The van der Waals surface area contributed by atoms with Crippen molar-refractivity contribution >= 4 is 64.0 Å². The highest BCUT2D eigenvalue weighted by Gasteiger charge is 2.36. The van der Waals surface area contributed by atoms with Crippen LogP contribution in [0.2, 0.25) is 0 Å². The number of aliphatic hydroxyl groups is 1. The largest absolute Gasteiger partial charge is 0.495 e. The quantitative estimate of drug-likeness (QED) is 0.160. The predicted octanol–water partition coefficient (Wildman–Crippen LogP) is 1.79. The lowest BCUT2D eigenvalue weighted by molar-refractivity contribution is -0.134. The van der Waals surface area contributed by atoms with Crippen molar-refractivity contribution in [1.82, 2.24) is 20.9 Å². The highest BCUT2D eigenvalue weighted by atomic mass is 127.